The van der Waals surface area contributed by atoms with Gasteiger partial charge in [0.05, 0.1) is 36.3 Å². The Morgan fingerprint density at radius 1 is 1.09 bits per heavy atom. The van der Waals surface area contributed by atoms with E-state index in [1.807, 2.05) is 26.8 Å². The fourth-order valence-electron chi connectivity index (χ4n) is 4.15. The first-order valence-corrected chi connectivity index (χ1v) is 11.1. The third-order valence-corrected chi connectivity index (χ3v) is 5.61. The molecule has 1 amide bonds. The Morgan fingerprint density at radius 3 is 2.36 bits per heavy atom. The van der Waals surface area contributed by atoms with E-state index in [4.69, 9.17) is 4.74 Å². The average Bonchev–Trinajstić information content (AvgIpc) is 2.77. The Bertz CT molecular complexity index is 1150. The highest BCUT2D eigenvalue weighted by Gasteiger charge is 2.25. The maximum Gasteiger partial charge on any atom is 0.316 e. The van der Waals surface area contributed by atoms with Crippen molar-refractivity contribution in [3.05, 3.63) is 42.1 Å². The van der Waals surface area contributed by atoms with Crippen molar-refractivity contribution in [2.24, 2.45) is 0 Å². The van der Waals surface area contributed by atoms with Gasteiger partial charge in [0.1, 0.15) is 5.82 Å². The minimum absolute atomic E-state index is 0.166. The summed E-state index contributed by atoms with van der Waals surface area (Å²) in [7, 11) is 1.51. The lowest BCUT2D eigenvalue weighted by Crippen LogP contribution is -2.54. The zero-order valence-corrected chi connectivity index (χ0v) is 20.0. The molecule has 1 fully saturated rings. The zero-order chi connectivity index (χ0) is 23.8. The summed E-state index contributed by atoms with van der Waals surface area (Å²) in [5, 5.41) is 7.25. The SMILES string of the molecule is COc1ncc2c(N3C[C@@H](C)N[C@H](C)C3)ccc(C(=O)Nc3cnc(C(C)(C)C)nc3)c2n1. The Morgan fingerprint density at radius 2 is 1.76 bits per heavy atom. The number of aromatic nitrogens is 4. The van der Waals surface area contributed by atoms with E-state index in [0.29, 0.717) is 34.7 Å². The molecule has 2 atom stereocenters. The van der Waals surface area contributed by atoms with Crippen LogP contribution in [-0.2, 0) is 5.41 Å². The van der Waals surface area contributed by atoms with Gasteiger partial charge in [0.15, 0.2) is 0 Å². The average molecular weight is 450 g/mol. The van der Waals surface area contributed by atoms with Gasteiger partial charge in [-0.1, -0.05) is 20.8 Å². The van der Waals surface area contributed by atoms with Gasteiger partial charge in [-0.3, -0.25) is 4.79 Å². The number of benzene rings is 1. The van der Waals surface area contributed by atoms with E-state index in [9.17, 15) is 4.79 Å². The fraction of sp³-hybridized carbons (Fsp3) is 0.458. The number of carbonyl (C=O) groups is 1. The minimum atomic E-state index is -0.290. The molecule has 174 valence electrons. The van der Waals surface area contributed by atoms with Gasteiger partial charge in [-0.25, -0.2) is 15.0 Å². The Labute approximate surface area is 194 Å². The molecule has 1 aliphatic heterocycles. The molecule has 2 aromatic heterocycles. The summed E-state index contributed by atoms with van der Waals surface area (Å²) < 4.78 is 5.24. The monoisotopic (exact) mass is 449 g/mol. The van der Waals surface area contributed by atoms with Crippen LogP contribution in [0, 0.1) is 0 Å². The molecular formula is C24H31N7O2. The van der Waals surface area contributed by atoms with Gasteiger partial charge in [-0.05, 0) is 26.0 Å². The van der Waals surface area contributed by atoms with Crippen molar-refractivity contribution >= 4 is 28.2 Å². The molecule has 9 nitrogen and oxygen atoms in total. The second-order valence-electron chi connectivity index (χ2n) is 9.62. The highest BCUT2D eigenvalue weighted by molar-refractivity contribution is 6.13. The van der Waals surface area contributed by atoms with Gasteiger partial charge in [0.2, 0.25) is 0 Å². The van der Waals surface area contributed by atoms with Gasteiger partial charge >= 0.3 is 6.01 Å². The molecule has 0 saturated carbocycles. The lowest BCUT2D eigenvalue weighted by molar-refractivity contribution is 0.102. The molecular weight excluding hydrogens is 418 g/mol. The second kappa shape index (κ2) is 8.90. The van der Waals surface area contributed by atoms with Gasteiger partial charge in [0, 0.05) is 47.9 Å². The van der Waals surface area contributed by atoms with Crippen molar-refractivity contribution in [3.63, 3.8) is 0 Å². The normalized spacial score (nSPS) is 18.9. The maximum absolute atomic E-state index is 13.2. The molecule has 1 saturated heterocycles. The van der Waals surface area contributed by atoms with E-state index < -0.39 is 0 Å². The van der Waals surface area contributed by atoms with Gasteiger partial charge in [-0.15, -0.1) is 0 Å². The predicted octanol–water partition coefficient (Wildman–Crippen LogP) is 3.16. The molecule has 0 bridgehead atoms. The van der Waals surface area contributed by atoms with Crippen molar-refractivity contribution in [2.45, 2.75) is 52.1 Å². The zero-order valence-electron chi connectivity index (χ0n) is 20.0. The predicted molar refractivity (Wildman–Crippen MR) is 129 cm³/mol. The Hall–Kier alpha value is -3.33. The number of nitrogens with zero attached hydrogens (tertiary/aromatic N) is 5. The van der Waals surface area contributed by atoms with Crippen LogP contribution >= 0.6 is 0 Å². The number of piperazine rings is 1. The summed E-state index contributed by atoms with van der Waals surface area (Å²) in [5.74, 6) is 0.425. The topological polar surface area (TPSA) is 105 Å². The summed E-state index contributed by atoms with van der Waals surface area (Å²) in [4.78, 5) is 33.1. The molecule has 4 rings (SSSR count). The largest absolute Gasteiger partial charge is 0.467 e. The standard InChI is InChI=1S/C24H31N7O2/c1-14-12-31(13-15(2)28-14)19-8-7-17(20-18(19)11-27-23(30-20)33-6)21(32)29-16-9-25-22(26-10-16)24(3,4)5/h7-11,14-15,28H,12-13H2,1-6H3,(H,29,32)/t14-,15-/m1/s1. The molecule has 0 unspecified atom stereocenters. The van der Waals surface area contributed by atoms with Crippen LogP contribution < -0.4 is 20.3 Å². The molecule has 0 radical (unpaired) electrons. The molecule has 0 spiro atoms. The van der Waals surface area contributed by atoms with Crippen LogP contribution in [0.25, 0.3) is 10.9 Å². The third kappa shape index (κ3) is 4.88. The first-order chi connectivity index (χ1) is 15.7. The van der Waals surface area contributed by atoms with Crippen LogP contribution in [0.2, 0.25) is 0 Å². The number of nitrogens with one attached hydrogen (secondary N) is 2. The molecule has 0 aliphatic carbocycles. The Kier molecular flexibility index (Phi) is 6.16. The van der Waals surface area contributed by atoms with E-state index in [1.54, 1.807) is 24.7 Å². The van der Waals surface area contributed by atoms with Crippen LogP contribution in [0.3, 0.4) is 0 Å². The van der Waals surface area contributed by atoms with Crippen molar-refractivity contribution in [2.75, 3.05) is 30.4 Å². The first kappa shape index (κ1) is 22.8. The molecule has 3 aromatic rings. The second-order valence-corrected chi connectivity index (χ2v) is 9.62. The molecule has 3 heterocycles. The van der Waals surface area contributed by atoms with Crippen LogP contribution in [0.5, 0.6) is 6.01 Å². The third-order valence-electron chi connectivity index (χ3n) is 5.61. The lowest BCUT2D eigenvalue weighted by Gasteiger charge is -2.38. The van der Waals surface area contributed by atoms with E-state index >= 15 is 0 Å². The lowest BCUT2D eigenvalue weighted by atomic mass is 9.96. The van der Waals surface area contributed by atoms with Gasteiger partial charge < -0.3 is 20.3 Å². The molecule has 1 aromatic carbocycles. The number of hydrogen-bond donors (Lipinski definition) is 2. The molecule has 2 N–H and O–H groups in total. The number of fused-ring (bicyclic) bond motifs is 1. The van der Waals surface area contributed by atoms with Crippen LogP contribution in [-0.4, -0.2) is 58.1 Å². The molecule has 9 heteroatoms. The first-order valence-electron chi connectivity index (χ1n) is 11.1. The highest BCUT2D eigenvalue weighted by Crippen LogP contribution is 2.31. The number of carbonyl (C=O) groups excluding carboxylic acids is 1. The number of methoxy groups -OCH3 is 1. The Balaban J connectivity index is 1.69. The fourth-order valence-corrected chi connectivity index (χ4v) is 4.15. The summed E-state index contributed by atoms with van der Waals surface area (Å²) in [6.07, 6.45) is 4.98. The van der Waals surface area contributed by atoms with E-state index in [0.717, 1.165) is 24.2 Å². The van der Waals surface area contributed by atoms with Crippen molar-refractivity contribution in [1.82, 2.24) is 25.3 Å². The number of anilines is 2. The van der Waals surface area contributed by atoms with Gasteiger partial charge in [-0.2, -0.15) is 4.98 Å². The van der Waals surface area contributed by atoms with Crippen molar-refractivity contribution in [3.8, 4) is 6.01 Å². The summed E-state index contributed by atoms with van der Waals surface area (Å²) >= 11 is 0. The van der Waals surface area contributed by atoms with Crippen LogP contribution in [0.4, 0.5) is 11.4 Å². The number of amides is 1. The molecule has 1 aliphatic rings. The van der Waals surface area contributed by atoms with Crippen LogP contribution in [0.1, 0.15) is 50.8 Å². The van der Waals surface area contributed by atoms with Gasteiger partial charge in [0.25, 0.3) is 5.91 Å². The molecule has 33 heavy (non-hydrogen) atoms. The maximum atomic E-state index is 13.2. The van der Waals surface area contributed by atoms with Crippen molar-refractivity contribution < 1.29 is 9.53 Å². The highest BCUT2D eigenvalue weighted by atomic mass is 16.5. The summed E-state index contributed by atoms with van der Waals surface area (Å²) in [6, 6.07) is 4.69. The van der Waals surface area contributed by atoms with Crippen molar-refractivity contribution in [1.29, 1.82) is 0 Å². The minimum Gasteiger partial charge on any atom is -0.467 e. The summed E-state index contributed by atoms with van der Waals surface area (Å²) in [5.41, 5.74) is 2.34. The number of rotatable bonds is 4. The smallest absolute Gasteiger partial charge is 0.316 e. The van der Waals surface area contributed by atoms with E-state index in [1.165, 1.54) is 7.11 Å². The number of hydrogen-bond acceptors (Lipinski definition) is 8. The summed E-state index contributed by atoms with van der Waals surface area (Å²) in [6.45, 7) is 12.2. The van der Waals surface area contributed by atoms with E-state index in [-0.39, 0.29) is 17.3 Å². The van der Waals surface area contributed by atoms with E-state index in [2.05, 4.69) is 49.3 Å². The van der Waals surface area contributed by atoms with Crippen LogP contribution in [0.15, 0.2) is 30.7 Å². The quantitative estimate of drug-likeness (QED) is 0.626. The number of ether oxygens (including phenoxy) is 1.